The lowest BCUT2D eigenvalue weighted by molar-refractivity contribution is 0.148. The summed E-state index contributed by atoms with van der Waals surface area (Å²) in [5, 5.41) is 14.3. The molecule has 1 aliphatic carbocycles. The fraction of sp³-hybridized carbons (Fsp3) is 0.400. The zero-order chi connectivity index (χ0) is 22.7. The molecular formula is C25H26FN5O2. The van der Waals surface area contributed by atoms with Gasteiger partial charge in [-0.15, -0.1) is 0 Å². The van der Waals surface area contributed by atoms with Crippen LogP contribution in [0.1, 0.15) is 30.7 Å². The molecule has 7 nitrogen and oxygen atoms in total. The van der Waals surface area contributed by atoms with Crippen LogP contribution in [0, 0.1) is 13.8 Å². The summed E-state index contributed by atoms with van der Waals surface area (Å²) in [6.07, 6.45) is 1.67. The van der Waals surface area contributed by atoms with Crippen LogP contribution in [0.25, 0.3) is 33.4 Å². The van der Waals surface area contributed by atoms with Crippen molar-refractivity contribution in [3.8, 4) is 17.0 Å². The number of phenols is 1. The molecule has 2 aliphatic rings. The molecule has 6 rings (SSSR count). The number of pyridine rings is 2. The van der Waals surface area contributed by atoms with Gasteiger partial charge in [0.15, 0.2) is 11.5 Å². The van der Waals surface area contributed by atoms with Crippen LogP contribution in [0.4, 0.5) is 10.2 Å². The number of nitrogens with one attached hydrogen (secondary N) is 1. The van der Waals surface area contributed by atoms with E-state index in [0.717, 1.165) is 36.4 Å². The van der Waals surface area contributed by atoms with Gasteiger partial charge in [0.05, 0.1) is 16.7 Å². The van der Waals surface area contributed by atoms with Gasteiger partial charge in [-0.1, -0.05) is 0 Å². The number of aryl methyl sites for hydroxylation is 2. The molecule has 0 bridgehead atoms. The molecular weight excluding hydrogens is 421 g/mol. The molecule has 4 aromatic rings. The highest BCUT2D eigenvalue weighted by Crippen LogP contribution is 2.37. The first-order valence-electron chi connectivity index (χ1n) is 11.5. The Hall–Kier alpha value is -3.26. The maximum atomic E-state index is 13.1. The molecule has 1 aliphatic heterocycles. The molecule has 0 amide bonds. The third-order valence-electron chi connectivity index (χ3n) is 6.87. The van der Waals surface area contributed by atoms with Crippen LogP contribution in [0.15, 0.2) is 34.7 Å². The predicted octanol–water partition coefficient (Wildman–Crippen LogP) is 4.43. The van der Waals surface area contributed by atoms with Gasteiger partial charge in [0, 0.05) is 43.2 Å². The van der Waals surface area contributed by atoms with Crippen molar-refractivity contribution in [2.45, 2.75) is 51.4 Å². The molecule has 170 valence electrons. The lowest BCUT2D eigenvalue weighted by Gasteiger charge is -2.33. The van der Waals surface area contributed by atoms with E-state index in [0.29, 0.717) is 58.7 Å². The van der Waals surface area contributed by atoms with E-state index in [9.17, 15) is 9.50 Å². The van der Waals surface area contributed by atoms with Gasteiger partial charge in [0.25, 0.3) is 0 Å². The SMILES string of the molecule is Cc1nc2c(C)c(O)c(-c3ccc4nc(N5CC[C@H](NC6CC(F)C6)C5)ccc4n3)cc2o1. The van der Waals surface area contributed by atoms with Crippen LogP contribution in [0.3, 0.4) is 0 Å². The van der Waals surface area contributed by atoms with Crippen LogP contribution >= 0.6 is 0 Å². The Kier molecular flexibility index (Phi) is 4.72. The van der Waals surface area contributed by atoms with Crippen LogP contribution < -0.4 is 10.2 Å². The molecule has 0 radical (unpaired) electrons. The zero-order valence-corrected chi connectivity index (χ0v) is 18.7. The average molecular weight is 448 g/mol. The second kappa shape index (κ2) is 7.66. The van der Waals surface area contributed by atoms with E-state index in [4.69, 9.17) is 14.4 Å². The van der Waals surface area contributed by atoms with Gasteiger partial charge in [-0.25, -0.2) is 19.3 Å². The van der Waals surface area contributed by atoms with Gasteiger partial charge >= 0.3 is 0 Å². The van der Waals surface area contributed by atoms with E-state index in [1.165, 1.54) is 0 Å². The summed E-state index contributed by atoms with van der Waals surface area (Å²) in [6.45, 7) is 5.43. The normalized spacial score (nSPS) is 22.9. The minimum Gasteiger partial charge on any atom is -0.507 e. The van der Waals surface area contributed by atoms with Gasteiger partial charge in [-0.2, -0.15) is 0 Å². The quantitative estimate of drug-likeness (QED) is 0.479. The molecule has 1 saturated carbocycles. The Morgan fingerprint density at radius 2 is 1.85 bits per heavy atom. The molecule has 0 spiro atoms. The Bertz CT molecular complexity index is 1360. The maximum absolute atomic E-state index is 13.1. The highest BCUT2D eigenvalue weighted by molar-refractivity contribution is 5.89. The van der Waals surface area contributed by atoms with Gasteiger partial charge in [0.2, 0.25) is 0 Å². The lowest BCUT2D eigenvalue weighted by Crippen LogP contribution is -2.48. The minimum atomic E-state index is -0.632. The second-order valence-electron chi connectivity index (χ2n) is 9.25. The van der Waals surface area contributed by atoms with Crippen molar-refractivity contribution in [1.82, 2.24) is 20.3 Å². The van der Waals surface area contributed by atoms with Crippen LogP contribution in [0.5, 0.6) is 5.75 Å². The smallest absolute Gasteiger partial charge is 0.192 e. The number of benzene rings is 1. The lowest BCUT2D eigenvalue weighted by atomic mass is 9.90. The number of aromatic hydroxyl groups is 1. The van der Waals surface area contributed by atoms with E-state index in [1.54, 1.807) is 13.0 Å². The number of halogens is 1. The van der Waals surface area contributed by atoms with Crippen molar-refractivity contribution < 1.29 is 13.9 Å². The van der Waals surface area contributed by atoms with E-state index in [1.807, 2.05) is 31.2 Å². The molecule has 8 heteroatoms. The largest absolute Gasteiger partial charge is 0.507 e. The Balaban J connectivity index is 1.26. The number of rotatable bonds is 4. The Labute approximate surface area is 190 Å². The zero-order valence-electron chi connectivity index (χ0n) is 18.7. The standard InChI is InChI=1S/C25H26FN5O2/c1-13-24-22(33-14(2)27-24)11-18(25(13)32)19-3-4-21-20(29-19)5-6-23(30-21)31-8-7-16(12-31)28-17-9-15(26)10-17/h3-6,11,15-17,28,32H,7-10,12H2,1-2H3/t15?,16-,17?/m0/s1. The number of oxazole rings is 1. The minimum absolute atomic E-state index is 0.161. The molecule has 3 aromatic heterocycles. The number of hydrogen-bond acceptors (Lipinski definition) is 7. The third kappa shape index (κ3) is 3.58. The fourth-order valence-corrected chi connectivity index (χ4v) is 4.97. The summed E-state index contributed by atoms with van der Waals surface area (Å²) in [6, 6.07) is 10.3. The summed E-state index contributed by atoms with van der Waals surface area (Å²) in [7, 11) is 0. The Morgan fingerprint density at radius 1 is 1.06 bits per heavy atom. The summed E-state index contributed by atoms with van der Waals surface area (Å²) in [5.41, 5.74) is 4.82. The number of nitrogens with zero attached hydrogens (tertiary/aromatic N) is 4. The molecule has 1 aromatic carbocycles. The summed E-state index contributed by atoms with van der Waals surface area (Å²) in [4.78, 5) is 16.2. The fourth-order valence-electron chi connectivity index (χ4n) is 4.97. The third-order valence-corrected chi connectivity index (χ3v) is 6.87. The van der Waals surface area contributed by atoms with Gasteiger partial charge in [-0.05, 0) is 56.5 Å². The second-order valence-corrected chi connectivity index (χ2v) is 9.25. The summed E-state index contributed by atoms with van der Waals surface area (Å²) >= 11 is 0. The monoisotopic (exact) mass is 447 g/mol. The summed E-state index contributed by atoms with van der Waals surface area (Å²) in [5.74, 6) is 1.65. The number of alkyl halides is 1. The number of fused-ring (bicyclic) bond motifs is 2. The first-order chi connectivity index (χ1) is 15.9. The predicted molar refractivity (Wildman–Crippen MR) is 125 cm³/mol. The van der Waals surface area contributed by atoms with Gasteiger partial charge in [0.1, 0.15) is 23.3 Å². The number of anilines is 1. The first kappa shape index (κ1) is 20.4. The van der Waals surface area contributed by atoms with E-state index in [2.05, 4.69) is 15.2 Å². The van der Waals surface area contributed by atoms with Crippen LogP contribution in [-0.2, 0) is 0 Å². The van der Waals surface area contributed by atoms with Gasteiger partial charge in [-0.3, -0.25) is 0 Å². The number of phenolic OH excluding ortho intramolecular Hbond substituents is 1. The molecule has 0 unspecified atom stereocenters. The topological polar surface area (TPSA) is 87.3 Å². The summed E-state index contributed by atoms with van der Waals surface area (Å²) < 4.78 is 18.8. The molecule has 1 atom stereocenters. The average Bonchev–Trinajstić information content (AvgIpc) is 3.41. The van der Waals surface area contributed by atoms with Crippen molar-refractivity contribution in [2.75, 3.05) is 18.0 Å². The van der Waals surface area contributed by atoms with Gasteiger partial charge < -0.3 is 19.7 Å². The van der Waals surface area contributed by atoms with Crippen molar-refractivity contribution in [3.63, 3.8) is 0 Å². The van der Waals surface area contributed by atoms with Crippen molar-refractivity contribution >= 4 is 28.0 Å². The molecule has 33 heavy (non-hydrogen) atoms. The Morgan fingerprint density at radius 3 is 2.67 bits per heavy atom. The van der Waals surface area contributed by atoms with Crippen molar-refractivity contribution in [3.05, 3.63) is 41.8 Å². The van der Waals surface area contributed by atoms with Crippen molar-refractivity contribution in [2.24, 2.45) is 0 Å². The number of hydrogen-bond donors (Lipinski definition) is 2. The maximum Gasteiger partial charge on any atom is 0.192 e. The first-order valence-corrected chi connectivity index (χ1v) is 11.5. The van der Waals surface area contributed by atoms with E-state index < -0.39 is 6.17 Å². The molecule has 4 heterocycles. The molecule has 1 saturated heterocycles. The molecule has 2 fully saturated rings. The van der Waals surface area contributed by atoms with E-state index in [-0.39, 0.29) is 5.75 Å². The number of aromatic nitrogens is 3. The van der Waals surface area contributed by atoms with E-state index >= 15 is 0 Å². The highest BCUT2D eigenvalue weighted by atomic mass is 19.1. The molecule has 2 N–H and O–H groups in total. The van der Waals surface area contributed by atoms with Crippen LogP contribution in [-0.4, -0.2) is 51.4 Å². The van der Waals surface area contributed by atoms with Crippen molar-refractivity contribution in [1.29, 1.82) is 0 Å². The van der Waals surface area contributed by atoms with Crippen LogP contribution in [0.2, 0.25) is 0 Å². The highest BCUT2D eigenvalue weighted by Gasteiger charge is 2.33.